The molecule has 19 nitrogen and oxygen atoms in total. The number of ketones is 2. The van der Waals surface area contributed by atoms with Gasteiger partial charge >= 0.3 is 12.0 Å². The molecule has 0 aromatic heterocycles. The number of hydrogen-bond donors (Lipinski definition) is 5. The summed E-state index contributed by atoms with van der Waals surface area (Å²) in [5.41, 5.74) is 3.70. The standard InChI is InChI=1S/C52H75N5O14/c1-6-12-44-70-39-26-35-34-18-17-31-25-32(58)21-22-50(31,4)45(34)37(59)27-51(35,5)52(39,71-44)38(60)29-67-43-16-10-13-33(69-43)28-68-48(65)36(14-11-23-54-49(53)66)55-47(64)46(30(2)3)56-40(61)15-8-7-9-24-57-41(62)19-20-42(57)63/h19-22,25,30,33-37,39,43-46,59H,6-18,23-24,26-29H2,1-5H3,(H,55,64)(H,56,61)(H3,53,54,66)/t33?,34-,35-,36-,37-,39+,43?,44?,45+,46?,50-,51-,52+/m0/s1. The van der Waals surface area contributed by atoms with Gasteiger partial charge in [0.25, 0.3) is 11.8 Å². The number of amides is 6. The topological polar surface area (TPSA) is 268 Å². The van der Waals surface area contributed by atoms with Gasteiger partial charge in [0.1, 0.15) is 25.3 Å². The summed E-state index contributed by atoms with van der Waals surface area (Å²) in [6.45, 7) is 9.65. The molecule has 0 aromatic rings. The lowest BCUT2D eigenvalue weighted by Gasteiger charge is -2.59. The highest BCUT2D eigenvalue weighted by atomic mass is 16.7. The molecule has 7 rings (SSSR count). The molecule has 3 aliphatic heterocycles. The smallest absolute Gasteiger partial charge is 0.328 e. The van der Waals surface area contributed by atoms with E-state index < -0.39 is 77.3 Å². The molecule has 0 spiro atoms. The molecule has 0 aromatic carbocycles. The van der Waals surface area contributed by atoms with E-state index in [-0.39, 0.29) is 98.5 Å². The van der Waals surface area contributed by atoms with Crippen molar-refractivity contribution in [2.24, 2.45) is 40.2 Å². The summed E-state index contributed by atoms with van der Waals surface area (Å²) in [7, 11) is 0. The van der Waals surface area contributed by atoms with Crippen LogP contribution in [-0.4, -0.2) is 132 Å². The number of rotatable bonds is 23. The molecular weight excluding hydrogens is 919 g/mol. The van der Waals surface area contributed by atoms with Crippen LogP contribution < -0.4 is 21.7 Å². The van der Waals surface area contributed by atoms with Crippen LogP contribution in [0.5, 0.6) is 0 Å². The van der Waals surface area contributed by atoms with Crippen LogP contribution in [0, 0.1) is 34.5 Å². The number of aliphatic hydroxyl groups is 1. The number of carbonyl (C=O) groups excluding carboxylic acids is 8. The van der Waals surface area contributed by atoms with Crippen molar-refractivity contribution in [3.63, 3.8) is 0 Å². The van der Waals surface area contributed by atoms with Crippen LogP contribution in [0.25, 0.3) is 0 Å². The normalized spacial score (nSPS) is 33.6. The van der Waals surface area contributed by atoms with Crippen LogP contribution >= 0.6 is 0 Å². The van der Waals surface area contributed by atoms with E-state index in [9.17, 15) is 43.5 Å². The second kappa shape index (κ2) is 22.9. The fourth-order valence-electron chi connectivity index (χ4n) is 12.9. The Balaban J connectivity index is 0.935. The van der Waals surface area contributed by atoms with E-state index in [0.29, 0.717) is 57.8 Å². The number of unbranched alkanes of at least 4 members (excludes halogenated alkanes) is 2. The molecule has 0 radical (unpaired) electrons. The van der Waals surface area contributed by atoms with Crippen LogP contribution in [0.4, 0.5) is 4.79 Å². The lowest BCUT2D eigenvalue weighted by atomic mass is 9.46. The number of nitrogens with zero attached hydrogens (tertiary/aromatic N) is 1. The molecule has 3 saturated carbocycles. The number of aliphatic hydroxyl groups excluding tert-OH is 1. The Kier molecular flexibility index (Phi) is 17.4. The highest BCUT2D eigenvalue weighted by molar-refractivity contribution is 6.12. The van der Waals surface area contributed by atoms with Gasteiger partial charge in [-0.25, -0.2) is 9.59 Å². The largest absolute Gasteiger partial charge is 0.461 e. The Morgan fingerprint density at radius 3 is 2.45 bits per heavy atom. The van der Waals surface area contributed by atoms with Crippen molar-refractivity contribution in [3.05, 3.63) is 36.0 Å². The van der Waals surface area contributed by atoms with Gasteiger partial charge in [-0.2, -0.15) is 0 Å². The summed E-state index contributed by atoms with van der Waals surface area (Å²) in [6.07, 6.45) is 12.1. The fourth-order valence-corrected chi connectivity index (χ4v) is 12.9. The lowest BCUT2D eigenvalue weighted by Crippen LogP contribution is -2.63. The lowest BCUT2D eigenvalue weighted by molar-refractivity contribution is -0.220. The number of allylic oxidation sites excluding steroid dienone is 4. The van der Waals surface area contributed by atoms with Gasteiger partial charge < -0.3 is 50.5 Å². The van der Waals surface area contributed by atoms with Gasteiger partial charge in [0.05, 0.1) is 18.3 Å². The van der Waals surface area contributed by atoms with E-state index >= 15 is 0 Å². The van der Waals surface area contributed by atoms with E-state index in [1.54, 1.807) is 26.0 Å². The Labute approximate surface area is 416 Å². The minimum atomic E-state index is -1.36. The highest BCUT2D eigenvalue weighted by Crippen LogP contribution is 2.69. The first-order chi connectivity index (χ1) is 33.8. The number of nitrogens with two attached hydrogens (primary N) is 1. The Bertz CT molecular complexity index is 2130. The third kappa shape index (κ3) is 11.5. The van der Waals surface area contributed by atoms with E-state index in [1.807, 2.05) is 13.0 Å². The molecule has 2 saturated heterocycles. The average Bonchev–Trinajstić information content (AvgIpc) is 3.94. The Morgan fingerprint density at radius 1 is 0.972 bits per heavy atom. The second-order valence-corrected chi connectivity index (χ2v) is 21.4. The summed E-state index contributed by atoms with van der Waals surface area (Å²) in [4.78, 5) is 104. The minimum Gasteiger partial charge on any atom is -0.461 e. The first kappa shape index (κ1) is 54.0. The molecule has 71 heavy (non-hydrogen) atoms. The second-order valence-electron chi connectivity index (χ2n) is 21.4. The average molecular weight is 994 g/mol. The molecule has 6 amide bonds. The Morgan fingerprint density at radius 2 is 1.73 bits per heavy atom. The molecule has 5 fully saturated rings. The van der Waals surface area contributed by atoms with E-state index in [1.165, 1.54) is 12.2 Å². The van der Waals surface area contributed by atoms with Crippen molar-refractivity contribution in [1.82, 2.24) is 20.9 Å². The number of urea groups is 1. The molecule has 7 aliphatic rings. The maximum Gasteiger partial charge on any atom is 0.328 e. The number of primary amides is 1. The number of fused-ring (bicyclic) bond motifs is 7. The molecule has 392 valence electrons. The third-order valence-corrected chi connectivity index (χ3v) is 16.4. The summed E-state index contributed by atoms with van der Waals surface area (Å²) < 4.78 is 31.7. The number of carbonyl (C=O) groups is 8. The highest BCUT2D eigenvalue weighted by Gasteiger charge is 2.75. The van der Waals surface area contributed by atoms with Crippen molar-refractivity contribution in [3.8, 4) is 0 Å². The molecule has 3 heterocycles. The maximum absolute atomic E-state index is 14.9. The number of ether oxygens (including phenoxy) is 5. The first-order valence-electron chi connectivity index (χ1n) is 25.9. The van der Waals surface area contributed by atoms with E-state index in [2.05, 4.69) is 29.8 Å². The number of esters is 1. The number of Topliss-reactive ketones (excluding diaryl/α,β-unsaturated/α-hetero) is 1. The number of imide groups is 1. The quantitative estimate of drug-likeness (QED) is 0.0555. The predicted octanol–water partition coefficient (Wildman–Crippen LogP) is 3.74. The molecule has 19 heteroatoms. The van der Waals surface area contributed by atoms with Gasteiger partial charge in [-0.05, 0) is 107 Å². The van der Waals surface area contributed by atoms with Crippen LogP contribution in [-0.2, 0) is 57.2 Å². The monoisotopic (exact) mass is 994 g/mol. The third-order valence-electron chi connectivity index (χ3n) is 16.4. The van der Waals surface area contributed by atoms with Crippen molar-refractivity contribution < 1.29 is 67.1 Å². The minimum absolute atomic E-state index is 0.0128. The van der Waals surface area contributed by atoms with Gasteiger partial charge in [0.2, 0.25) is 11.8 Å². The van der Waals surface area contributed by atoms with Crippen molar-refractivity contribution in [2.45, 2.75) is 180 Å². The van der Waals surface area contributed by atoms with Crippen LogP contribution in [0.2, 0.25) is 0 Å². The molecule has 6 N–H and O–H groups in total. The summed E-state index contributed by atoms with van der Waals surface area (Å²) in [6, 6.07) is -2.86. The molecule has 4 unspecified atom stereocenters. The SMILES string of the molecule is CCCC1O[C@@H]2C[C@H]3[C@@H]4CCC5=CC(=O)C=C[C@]5(C)[C@H]4[C@@H](O)C[C@]3(C)[C@]2(C(=O)COC2CCCC(COC(=O)[C@H](CCCNC(N)=O)NC(=O)C(NC(=O)CCCCCN3C(=O)C=CC3=O)C(C)C)O2)O1. The molecule has 0 bridgehead atoms. The Hall–Kier alpha value is -4.82. The number of nitrogens with one attached hydrogen (secondary N) is 3. The summed E-state index contributed by atoms with van der Waals surface area (Å²) >= 11 is 0. The van der Waals surface area contributed by atoms with Gasteiger partial charge in [-0.1, -0.05) is 59.1 Å². The van der Waals surface area contributed by atoms with Crippen LogP contribution in [0.1, 0.15) is 131 Å². The summed E-state index contributed by atoms with van der Waals surface area (Å²) in [5.74, 6) is -3.11. The van der Waals surface area contributed by atoms with Gasteiger partial charge in [-0.15, -0.1) is 0 Å². The number of hydrogen-bond acceptors (Lipinski definition) is 14. The van der Waals surface area contributed by atoms with Gasteiger partial charge in [0.15, 0.2) is 29.7 Å². The van der Waals surface area contributed by atoms with E-state index in [4.69, 9.17) is 29.4 Å². The van der Waals surface area contributed by atoms with Gasteiger partial charge in [-0.3, -0.25) is 33.7 Å². The maximum atomic E-state index is 14.9. The zero-order valence-electron chi connectivity index (χ0n) is 42.0. The molecular formula is C52H75N5O14. The first-order valence-corrected chi connectivity index (χ1v) is 25.9. The zero-order chi connectivity index (χ0) is 51.3. The fraction of sp³-hybridized carbons (Fsp3) is 0.731. The van der Waals surface area contributed by atoms with Crippen LogP contribution in [0.3, 0.4) is 0 Å². The predicted molar refractivity (Wildman–Crippen MR) is 255 cm³/mol. The zero-order valence-corrected chi connectivity index (χ0v) is 42.0. The van der Waals surface area contributed by atoms with Crippen molar-refractivity contribution >= 4 is 47.2 Å². The summed E-state index contributed by atoms with van der Waals surface area (Å²) in [5, 5.41) is 20.1. The van der Waals surface area contributed by atoms with Crippen LogP contribution in [0.15, 0.2) is 36.0 Å². The molecule has 4 aliphatic carbocycles. The van der Waals surface area contributed by atoms with Crippen molar-refractivity contribution in [2.75, 3.05) is 26.3 Å². The van der Waals surface area contributed by atoms with Crippen molar-refractivity contribution in [1.29, 1.82) is 0 Å². The van der Waals surface area contributed by atoms with E-state index in [0.717, 1.165) is 29.7 Å². The molecule has 13 atom stereocenters. The van der Waals surface area contributed by atoms with Gasteiger partial charge in [0, 0.05) is 48.4 Å².